The van der Waals surface area contributed by atoms with Crippen LogP contribution in [0.15, 0.2) is 53.1 Å². The summed E-state index contributed by atoms with van der Waals surface area (Å²) in [5.74, 6) is -0.107. The van der Waals surface area contributed by atoms with Crippen LogP contribution in [0.25, 0.3) is 22.4 Å². The summed E-state index contributed by atoms with van der Waals surface area (Å²) in [7, 11) is 1.38. The van der Waals surface area contributed by atoms with Gasteiger partial charge in [-0.1, -0.05) is 31.0 Å². The first kappa shape index (κ1) is 21.4. The number of esters is 1. The van der Waals surface area contributed by atoms with E-state index in [9.17, 15) is 9.59 Å². The van der Waals surface area contributed by atoms with Crippen molar-refractivity contribution in [1.82, 2.24) is 4.98 Å². The molecule has 3 aromatic heterocycles. The molecule has 0 spiro atoms. The molecule has 0 saturated heterocycles. The molecular weight excluding hydrogens is 436 g/mol. The summed E-state index contributed by atoms with van der Waals surface area (Å²) >= 11 is 1.49. The molecule has 1 N–H and O–H groups in total. The molecule has 168 valence electrons. The largest absolute Gasteiger partial charge is 0.465 e. The van der Waals surface area contributed by atoms with Crippen LogP contribution < -0.4 is 5.32 Å². The molecule has 0 unspecified atom stereocenters. The van der Waals surface area contributed by atoms with Crippen LogP contribution in [-0.4, -0.2) is 24.0 Å². The summed E-state index contributed by atoms with van der Waals surface area (Å²) in [6.07, 6.45) is 7.77. The highest BCUT2D eigenvalue weighted by molar-refractivity contribution is 7.17. The average Bonchev–Trinajstić information content (AvgIpc) is 3.46. The minimum atomic E-state index is -0.403. The summed E-state index contributed by atoms with van der Waals surface area (Å²) in [4.78, 5) is 32.1. The van der Waals surface area contributed by atoms with Crippen LogP contribution in [0.4, 0.5) is 5.00 Å². The number of rotatable bonds is 4. The van der Waals surface area contributed by atoms with Gasteiger partial charge in [-0.3, -0.25) is 4.79 Å². The maximum absolute atomic E-state index is 13.5. The first-order chi connectivity index (χ1) is 16.2. The standard InChI is InChI=1S/C26H24N2O4S/c1-31-26(30)23-17-10-4-2-3-5-13-22(17)33-25(23)28-24(29)18-15-20(21-12-8-14-32-21)27-19-11-7-6-9-16(18)19/h6-9,11-12,14-15H,2-5,10,13H2,1H3,(H,28,29). The lowest BCUT2D eigenvalue weighted by Gasteiger charge is -2.11. The van der Waals surface area contributed by atoms with E-state index >= 15 is 0 Å². The number of hydrogen-bond acceptors (Lipinski definition) is 6. The number of anilines is 1. The molecule has 33 heavy (non-hydrogen) atoms. The second-order valence-corrected chi connectivity index (χ2v) is 9.22. The van der Waals surface area contributed by atoms with Crippen molar-refractivity contribution in [2.24, 2.45) is 0 Å². The van der Waals surface area contributed by atoms with Gasteiger partial charge < -0.3 is 14.5 Å². The van der Waals surface area contributed by atoms with E-state index in [4.69, 9.17) is 9.15 Å². The number of ether oxygens (including phenoxy) is 1. The number of benzene rings is 1. The van der Waals surface area contributed by atoms with Crippen molar-refractivity contribution in [3.05, 3.63) is 70.3 Å². The topological polar surface area (TPSA) is 81.4 Å². The molecule has 0 aliphatic heterocycles. The van der Waals surface area contributed by atoms with Gasteiger partial charge in [0.05, 0.1) is 30.0 Å². The molecule has 1 amide bonds. The fourth-order valence-corrected chi connectivity index (χ4v) is 5.68. The van der Waals surface area contributed by atoms with Gasteiger partial charge in [0.25, 0.3) is 5.91 Å². The van der Waals surface area contributed by atoms with Crippen molar-refractivity contribution < 1.29 is 18.7 Å². The third-order valence-corrected chi connectivity index (χ3v) is 7.23. The van der Waals surface area contributed by atoms with Gasteiger partial charge in [-0.2, -0.15) is 0 Å². The summed E-state index contributed by atoms with van der Waals surface area (Å²) in [6.45, 7) is 0. The Hall–Kier alpha value is -3.45. The number of nitrogens with zero attached hydrogens (tertiary/aromatic N) is 1. The maximum atomic E-state index is 13.5. The lowest BCUT2D eigenvalue weighted by molar-refractivity contribution is 0.0601. The zero-order valence-corrected chi connectivity index (χ0v) is 19.2. The SMILES string of the molecule is COC(=O)c1c(NC(=O)c2cc(-c3ccco3)nc3ccccc23)sc2c1CCCCCC2. The third-order valence-electron chi connectivity index (χ3n) is 6.02. The highest BCUT2D eigenvalue weighted by Crippen LogP contribution is 2.38. The van der Waals surface area contributed by atoms with Gasteiger partial charge in [-0.15, -0.1) is 11.3 Å². The number of thiophene rings is 1. The molecule has 1 aliphatic carbocycles. The van der Waals surface area contributed by atoms with E-state index in [0.29, 0.717) is 33.1 Å². The summed E-state index contributed by atoms with van der Waals surface area (Å²) in [5, 5.41) is 4.32. The third kappa shape index (κ3) is 4.16. The van der Waals surface area contributed by atoms with Crippen LogP contribution >= 0.6 is 11.3 Å². The van der Waals surface area contributed by atoms with Gasteiger partial charge in [0.15, 0.2) is 5.76 Å². The van der Waals surface area contributed by atoms with E-state index in [0.717, 1.165) is 43.1 Å². The zero-order valence-electron chi connectivity index (χ0n) is 18.3. The van der Waals surface area contributed by atoms with Gasteiger partial charge in [0, 0.05) is 10.3 Å². The number of hydrogen-bond donors (Lipinski definition) is 1. The lowest BCUT2D eigenvalue weighted by atomic mass is 9.96. The van der Waals surface area contributed by atoms with E-state index in [1.54, 1.807) is 18.4 Å². The fourth-order valence-electron chi connectivity index (χ4n) is 4.41. The normalized spacial score (nSPS) is 13.7. The number of carbonyl (C=O) groups excluding carboxylic acids is 2. The molecule has 1 aliphatic rings. The second kappa shape index (κ2) is 9.19. The molecule has 3 heterocycles. The predicted octanol–water partition coefficient (Wildman–Crippen LogP) is 6.25. The number of fused-ring (bicyclic) bond motifs is 2. The Morgan fingerprint density at radius 3 is 2.67 bits per heavy atom. The fraction of sp³-hybridized carbons (Fsp3) is 0.269. The maximum Gasteiger partial charge on any atom is 0.341 e. The van der Waals surface area contributed by atoms with Crippen molar-refractivity contribution in [2.45, 2.75) is 38.5 Å². The van der Waals surface area contributed by atoms with E-state index < -0.39 is 5.97 Å². The number of amides is 1. The first-order valence-electron chi connectivity index (χ1n) is 11.1. The molecular formula is C26H24N2O4S. The van der Waals surface area contributed by atoms with E-state index in [1.807, 2.05) is 30.3 Å². The van der Waals surface area contributed by atoms with Crippen molar-refractivity contribution in [1.29, 1.82) is 0 Å². The van der Waals surface area contributed by atoms with Gasteiger partial charge in [-0.25, -0.2) is 9.78 Å². The van der Waals surface area contributed by atoms with E-state index in [2.05, 4.69) is 10.3 Å². The Balaban J connectivity index is 1.58. The van der Waals surface area contributed by atoms with Crippen LogP contribution in [0, 0.1) is 0 Å². The van der Waals surface area contributed by atoms with Crippen LogP contribution in [0.2, 0.25) is 0 Å². The van der Waals surface area contributed by atoms with Crippen molar-refractivity contribution in [3.8, 4) is 11.5 Å². The minimum absolute atomic E-state index is 0.291. The Bertz CT molecular complexity index is 1320. The van der Waals surface area contributed by atoms with E-state index in [1.165, 1.54) is 29.7 Å². The monoisotopic (exact) mass is 460 g/mol. The first-order valence-corrected chi connectivity index (χ1v) is 11.9. The number of pyridine rings is 1. The zero-order chi connectivity index (χ0) is 22.8. The number of methoxy groups -OCH3 is 1. The van der Waals surface area contributed by atoms with Crippen molar-refractivity contribution in [2.75, 3.05) is 12.4 Å². The predicted molar refractivity (Wildman–Crippen MR) is 129 cm³/mol. The number of furan rings is 1. The molecule has 0 atom stereocenters. The Labute approximate surface area is 195 Å². The molecule has 7 heteroatoms. The molecule has 0 bridgehead atoms. The molecule has 0 radical (unpaired) electrons. The highest BCUT2D eigenvalue weighted by atomic mass is 32.1. The molecule has 4 aromatic rings. The van der Waals surface area contributed by atoms with Gasteiger partial charge in [0.1, 0.15) is 10.7 Å². The smallest absolute Gasteiger partial charge is 0.341 e. The van der Waals surface area contributed by atoms with Gasteiger partial charge in [0.2, 0.25) is 0 Å². The molecule has 5 rings (SSSR count). The molecule has 1 aromatic carbocycles. The second-order valence-electron chi connectivity index (χ2n) is 8.12. The summed E-state index contributed by atoms with van der Waals surface area (Å²) in [6, 6.07) is 12.8. The Morgan fingerprint density at radius 1 is 1.06 bits per heavy atom. The quantitative estimate of drug-likeness (QED) is 0.364. The average molecular weight is 461 g/mol. The van der Waals surface area contributed by atoms with Gasteiger partial charge in [-0.05, 0) is 55.5 Å². The van der Waals surface area contributed by atoms with Crippen LogP contribution in [0.3, 0.4) is 0 Å². The Kier molecular flexibility index (Phi) is 5.96. The molecule has 6 nitrogen and oxygen atoms in total. The van der Waals surface area contributed by atoms with Crippen molar-refractivity contribution in [3.63, 3.8) is 0 Å². The van der Waals surface area contributed by atoms with E-state index in [-0.39, 0.29) is 5.91 Å². The van der Waals surface area contributed by atoms with Crippen LogP contribution in [-0.2, 0) is 17.6 Å². The highest BCUT2D eigenvalue weighted by Gasteiger charge is 2.26. The van der Waals surface area contributed by atoms with Crippen molar-refractivity contribution >= 4 is 39.1 Å². The number of para-hydroxylation sites is 1. The molecule has 0 saturated carbocycles. The molecule has 0 fully saturated rings. The number of carbonyl (C=O) groups is 2. The lowest BCUT2D eigenvalue weighted by Crippen LogP contribution is -2.15. The number of aryl methyl sites for hydroxylation is 1. The van der Waals surface area contributed by atoms with Crippen LogP contribution in [0.5, 0.6) is 0 Å². The Morgan fingerprint density at radius 2 is 1.88 bits per heavy atom. The van der Waals surface area contributed by atoms with Crippen LogP contribution in [0.1, 0.15) is 56.8 Å². The summed E-state index contributed by atoms with van der Waals surface area (Å²) < 4.78 is 10.6. The summed E-state index contributed by atoms with van der Waals surface area (Å²) in [5.41, 5.74) is 3.28. The minimum Gasteiger partial charge on any atom is -0.465 e. The number of aromatic nitrogens is 1. The number of nitrogens with one attached hydrogen (secondary N) is 1. The van der Waals surface area contributed by atoms with Gasteiger partial charge >= 0.3 is 5.97 Å².